The summed E-state index contributed by atoms with van der Waals surface area (Å²) in [5.74, 6) is 1.71. The number of ether oxygens (including phenoxy) is 3. The zero-order valence-corrected chi connectivity index (χ0v) is 17.5. The molecule has 31 heavy (non-hydrogen) atoms. The molecule has 0 aliphatic rings. The van der Waals surface area contributed by atoms with E-state index in [9.17, 15) is 5.26 Å². The Bertz CT molecular complexity index is 1280. The average Bonchev–Trinajstić information content (AvgIpc) is 3.25. The molecule has 2 aromatic carbocycles. The van der Waals surface area contributed by atoms with E-state index in [1.807, 2.05) is 48.7 Å². The number of allylic oxidation sites excluding steroid dienone is 1. The molecule has 1 N–H and O–H groups in total. The molecule has 0 atom stereocenters. The van der Waals surface area contributed by atoms with Gasteiger partial charge in [0.05, 0.1) is 33.0 Å². The van der Waals surface area contributed by atoms with E-state index >= 15 is 0 Å². The maximum absolute atomic E-state index is 9.80. The fourth-order valence-corrected chi connectivity index (χ4v) is 3.57. The monoisotopic (exact) mass is 411 g/mol. The lowest BCUT2D eigenvalue weighted by Crippen LogP contribution is -1.95. The predicted molar refractivity (Wildman–Crippen MR) is 121 cm³/mol. The van der Waals surface area contributed by atoms with Crippen LogP contribution < -0.4 is 14.2 Å². The van der Waals surface area contributed by atoms with Crippen LogP contribution >= 0.6 is 0 Å². The zero-order chi connectivity index (χ0) is 21.8. The van der Waals surface area contributed by atoms with Gasteiger partial charge in [0.15, 0.2) is 11.5 Å². The van der Waals surface area contributed by atoms with Gasteiger partial charge < -0.3 is 19.2 Å². The van der Waals surface area contributed by atoms with Crippen molar-refractivity contribution in [2.24, 2.45) is 0 Å². The fraction of sp³-hybridized carbons (Fsp3) is 0.120. The summed E-state index contributed by atoms with van der Waals surface area (Å²) in [4.78, 5) is 7.37. The molecule has 0 saturated heterocycles. The molecule has 0 unspecified atom stereocenters. The second-order valence-electron chi connectivity index (χ2n) is 6.83. The van der Waals surface area contributed by atoms with Crippen molar-refractivity contribution in [2.45, 2.75) is 0 Å². The summed E-state index contributed by atoms with van der Waals surface area (Å²) in [6.45, 7) is 0. The highest BCUT2D eigenvalue weighted by molar-refractivity contribution is 6.02. The van der Waals surface area contributed by atoms with Gasteiger partial charge in [-0.15, -0.1) is 0 Å². The maximum atomic E-state index is 9.80. The van der Waals surface area contributed by atoms with Crippen LogP contribution in [0.4, 0.5) is 0 Å². The summed E-state index contributed by atoms with van der Waals surface area (Å²) in [6.07, 6.45) is 7.13. The second-order valence-corrected chi connectivity index (χ2v) is 6.83. The summed E-state index contributed by atoms with van der Waals surface area (Å²) in [5.41, 5.74) is 5.08. The van der Waals surface area contributed by atoms with Crippen LogP contribution in [-0.4, -0.2) is 31.3 Å². The van der Waals surface area contributed by atoms with Crippen molar-refractivity contribution in [3.8, 4) is 34.4 Å². The van der Waals surface area contributed by atoms with Crippen LogP contribution in [0.5, 0.6) is 17.2 Å². The summed E-state index contributed by atoms with van der Waals surface area (Å²) in [6, 6.07) is 16.0. The molecule has 0 spiro atoms. The van der Waals surface area contributed by atoms with E-state index in [1.165, 1.54) is 0 Å². The maximum Gasteiger partial charge on any atom is 0.203 e. The van der Waals surface area contributed by atoms with Crippen LogP contribution in [-0.2, 0) is 0 Å². The molecule has 154 valence electrons. The van der Waals surface area contributed by atoms with E-state index in [2.05, 4.69) is 22.1 Å². The molecule has 0 bridgehead atoms. The zero-order valence-electron chi connectivity index (χ0n) is 17.5. The molecule has 2 heterocycles. The highest BCUT2D eigenvalue weighted by atomic mass is 16.5. The first-order valence-electron chi connectivity index (χ1n) is 9.62. The van der Waals surface area contributed by atoms with E-state index in [0.29, 0.717) is 22.8 Å². The van der Waals surface area contributed by atoms with Gasteiger partial charge in [-0.3, -0.25) is 4.98 Å². The number of nitrogens with one attached hydrogen (secondary N) is 1. The van der Waals surface area contributed by atoms with Crippen LogP contribution in [0.25, 0.3) is 33.7 Å². The van der Waals surface area contributed by atoms with Crippen molar-refractivity contribution < 1.29 is 14.2 Å². The molecule has 4 aromatic rings. The summed E-state index contributed by atoms with van der Waals surface area (Å²) in [7, 11) is 4.77. The molecule has 4 rings (SSSR count). The van der Waals surface area contributed by atoms with E-state index in [-0.39, 0.29) is 0 Å². The van der Waals surface area contributed by atoms with Crippen LogP contribution in [0.3, 0.4) is 0 Å². The SMILES string of the molecule is COc1cc(-c2ccc3[nH]cc(/C(C#N)=C/c4cccnc4)c3c2)cc(OC)c1OC. The minimum absolute atomic E-state index is 0.545. The number of H-pyrrole nitrogens is 1. The number of hydrogen-bond donors (Lipinski definition) is 1. The number of aromatic nitrogens is 2. The van der Waals surface area contributed by atoms with Gasteiger partial charge in [-0.05, 0) is 53.1 Å². The van der Waals surface area contributed by atoms with Crippen molar-refractivity contribution in [1.29, 1.82) is 5.26 Å². The Morgan fingerprint density at radius 1 is 1.00 bits per heavy atom. The van der Waals surface area contributed by atoms with Crippen LogP contribution in [0, 0.1) is 11.3 Å². The number of methoxy groups -OCH3 is 3. The summed E-state index contributed by atoms with van der Waals surface area (Å²) < 4.78 is 16.4. The third-order valence-electron chi connectivity index (χ3n) is 5.09. The lowest BCUT2D eigenvalue weighted by molar-refractivity contribution is 0.324. The van der Waals surface area contributed by atoms with Crippen LogP contribution in [0.15, 0.2) is 61.1 Å². The first-order valence-corrected chi connectivity index (χ1v) is 9.62. The molecule has 0 radical (unpaired) electrons. The van der Waals surface area contributed by atoms with Crippen LogP contribution in [0.2, 0.25) is 0 Å². The summed E-state index contributed by atoms with van der Waals surface area (Å²) >= 11 is 0. The number of rotatable bonds is 6. The molecule has 0 saturated carbocycles. The Morgan fingerprint density at radius 3 is 2.39 bits per heavy atom. The average molecular weight is 411 g/mol. The Hall–Kier alpha value is -4.24. The molecule has 6 heteroatoms. The molecule has 0 aliphatic carbocycles. The van der Waals surface area contributed by atoms with E-state index in [1.54, 1.807) is 33.7 Å². The number of pyridine rings is 1. The van der Waals surface area contributed by atoms with Crippen LogP contribution in [0.1, 0.15) is 11.1 Å². The number of nitriles is 1. The van der Waals surface area contributed by atoms with Gasteiger partial charge in [-0.2, -0.15) is 5.26 Å². The van der Waals surface area contributed by atoms with Gasteiger partial charge in [-0.25, -0.2) is 0 Å². The van der Waals surface area contributed by atoms with Gasteiger partial charge in [0.2, 0.25) is 5.75 Å². The minimum Gasteiger partial charge on any atom is -0.493 e. The molecule has 2 aromatic heterocycles. The smallest absolute Gasteiger partial charge is 0.203 e. The first kappa shape index (κ1) is 20.0. The van der Waals surface area contributed by atoms with Gasteiger partial charge in [-0.1, -0.05) is 12.1 Å². The molecule has 0 aliphatic heterocycles. The topological polar surface area (TPSA) is 80.2 Å². The third kappa shape index (κ3) is 3.81. The first-order chi connectivity index (χ1) is 15.2. The van der Waals surface area contributed by atoms with Crippen molar-refractivity contribution in [3.63, 3.8) is 0 Å². The van der Waals surface area contributed by atoms with Crippen molar-refractivity contribution in [3.05, 3.63) is 72.2 Å². The Kier molecular flexibility index (Phi) is 5.59. The van der Waals surface area contributed by atoms with Gasteiger partial charge in [0, 0.05) is 35.1 Å². The number of hydrogen-bond acceptors (Lipinski definition) is 5. The third-order valence-corrected chi connectivity index (χ3v) is 5.09. The van der Waals surface area contributed by atoms with E-state index in [4.69, 9.17) is 14.2 Å². The molecule has 0 amide bonds. The number of nitrogens with zero attached hydrogens (tertiary/aromatic N) is 2. The van der Waals surface area contributed by atoms with Gasteiger partial charge in [0.1, 0.15) is 0 Å². The Labute approximate surface area is 180 Å². The highest BCUT2D eigenvalue weighted by Gasteiger charge is 2.15. The molecular formula is C25H21N3O3. The lowest BCUT2D eigenvalue weighted by atomic mass is 9.99. The lowest BCUT2D eigenvalue weighted by Gasteiger charge is -2.14. The standard InChI is InChI=1S/C25H21N3O3/c1-29-23-11-18(12-24(30-2)25(23)31-3)17-6-7-22-20(10-17)21(15-28-22)19(13-26)9-16-5-4-8-27-14-16/h4-12,14-15,28H,1-3H3/b19-9+. The van der Waals surface area contributed by atoms with Crippen molar-refractivity contribution in [1.82, 2.24) is 9.97 Å². The quantitative estimate of drug-likeness (QED) is 0.434. The molecule has 0 fully saturated rings. The normalized spacial score (nSPS) is 11.2. The fourth-order valence-electron chi connectivity index (χ4n) is 3.57. The highest BCUT2D eigenvalue weighted by Crippen LogP contribution is 2.42. The molecular weight excluding hydrogens is 390 g/mol. The largest absolute Gasteiger partial charge is 0.493 e. The van der Waals surface area contributed by atoms with Gasteiger partial charge in [0.25, 0.3) is 0 Å². The van der Waals surface area contributed by atoms with Gasteiger partial charge >= 0.3 is 0 Å². The summed E-state index contributed by atoms with van der Waals surface area (Å²) in [5, 5.41) is 10.7. The molecule has 6 nitrogen and oxygen atoms in total. The second kappa shape index (κ2) is 8.64. The Balaban J connectivity index is 1.85. The number of aromatic amines is 1. The number of fused-ring (bicyclic) bond motifs is 1. The predicted octanol–water partition coefficient (Wildman–Crippen LogP) is 5.32. The van der Waals surface area contributed by atoms with Crippen molar-refractivity contribution >= 4 is 22.6 Å². The Morgan fingerprint density at radius 2 is 1.77 bits per heavy atom. The minimum atomic E-state index is 0.545. The van der Waals surface area contributed by atoms with Crippen molar-refractivity contribution in [2.75, 3.05) is 21.3 Å². The van der Waals surface area contributed by atoms with E-state index in [0.717, 1.165) is 33.2 Å². The van der Waals surface area contributed by atoms with E-state index < -0.39 is 0 Å². The number of benzene rings is 2.